The molecule has 9 heteroatoms. The topological polar surface area (TPSA) is 64.1 Å². The Morgan fingerprint density at radius 1 is 1.18 bits per heavy atom. The molecule has 1 aromatic heterocycles. The highest BCUT2D eigenvalue weighted by atomic mass is 35.5. The van der Waals surface area contributed by atoms with Crippen LogP contribution in [0.25, 0.3) is 11.1 Å². The quantitative estimate of drug-likeness (QED) is 0.471. The van der Waals surface area contributed by atoms with Crippen LogP contribution in [0.3, 0.4) is 0 Å². The first-order valence-corrected chi connectivity index (χ1v) is 10.8. The van der Waals surface area contributed by atoms with E-state index in [-0.39, 0.29) is 10.9 Å². The maximum Gasteiger partial charge on any atom is 0.286 e. The molecule has 0 saturated carbocycles. The molecule has 1 N–H and O–H groups in total. The molecular formula is C19H15Cl2N3O2S2. The number of hydrogen-bond donors (Lipinski definition) is 1. The molecule has 0 aliphatic heterocycles. The van der Waals surface area contributed by atoms with Crippen molar-refractivity contribution in [2.24, 2.45) is 0 Å². The summed E-state index contributed by atoms with van der Waals surface area (Å²) in [5.74, 6) is 0.410. The lowest BCUT2D eigenvalue weighted by Crippen LogP contribution is -2.11. The number of nitrogens with zero attached hydrogens (tertiary/aromatic N) is 2. The minimum atomic E-state index is -0.360. The average molecular weight is 452 g/mol. The van der Waals surface area contributed by atoms with Crippen molar-refractivity contribution < 1.29 is 9.53 Å². The number of anilines is 1. The third-order valence-electron chi connectivity index (χ3n) is 3.63. The number of thioether (sulfide) groups is 1. The first-order chi connectivity index (χ1) is 13.5. The highest BCUT2D eigenvalue weighted by molar-refractivity contribution is 7.98. The number of hydrogen-bond acceptors (Lipinski definition) is 6. The van der Waals surface area contributed by atoms with Crippen molar-refractivity contribution in [3.05, 3.63) is 63.1 Å². The van der Waals surface area contributed by atoms with Gasteiger partial charge in [-0.3, -0.25) is 4.79 Å². The van der Waals surface area contributed by atoms with Crippen molar-refractivity contribution in [1.29, 1.82) is 0 Å². The van der Waals surface area contributed by atoms with Crippen LogP contribution in [0.2, 0.25) is 5.02 Å². The predicted octanol–water partition coefficient (Wildman–Crippen LogP) is 5.91. The maximum atomic E-state index is 12.3. The third-order valence-corrected chi connectivity index (χ3v) is 6.01. The van der Waals surface area contributed by atoms with Crippen molar-refractivity contribution in [3.63, 3.8) is 0 Å². The van der Waals surface area contributed by atoms with Gasteiger partial charge in [0.1, 0.15) is 5.75 Å². The van der Waals surface area contributed by atoms with Crippen LogP contribution in [-0.2, 0) is 0 Å². The lowest BCUT2D eigenvalue weighted by molar-refractivity contribution is 0.102. The molecule has 5 nitrogen and oxygen atoms in total. The van der Waals surface area contributed by atoms with Gasteiger partial charge in [-0.2, -0.15) is 0 Å². The van der Waals surface area contributed by atoms with E-state index in [1.54, 1.807) is 49.2 Å². The lowest BCUT2D eigenvalue weighted by Gasteiger charge is -2.06. The fourth-order valence-electron chi connectivity index (χ4n) is 2.28. The Bertz CT molecular complexity index is 1020. The summed E-state index contributed by atoms with van der Waals surface area (Å²) in [7, 11) is 1.63. The molecule has 0 saturated heterocycles. The van der Waals surface area contributed by atoms with E-state index in [9.17, 15) is 4.79 Å². The van der Waals surface area contributed by atoms with Crippen LogP contribution in [0.5, 0.6) is 5.75 Å². The Kier molecular flexibility index (Phi) is 6.96. The molecule has 0 bridgehead atoms. The zero-order valence-electron chi connectivity index (χ0n) is 14.9. The van der Waals surface area contributed by atoms with Crippen LogP contribution in [0.15, 0.2) is 47.4 Å². The Hall–Kier alpha value is -2.06. The molecule has 0 atom stereocenters. The predicted molar refractivity (Wildman–Crippen MR) is 118 cm³/mol. The average Bonchev–Trinajstić information content (AvgIpc) is 3.20. The Labute approximate surface area is 180 Å². The normalized spacial score (nSPS) is 11.4. The van der Waals surface area contributed by atoms with E-state index >= 15 is 0 Å². The summed E-state index contributed by atoms with van der Waals surface area (Å²) in [6.07, 6.45) is 3.74. The minimum absolute atomic E-state index is 0.215. The molecule has 144 valence electrons. The van der Waals surface area contributed by atoms with Crippen LogP contribution >= 0.6 is 46.3 Å². The van der Waals surface area contributed by atoms with E-state index in [2.05, 4.69) is 15.5 Å². The van der Waals surface area contributed by atoms with E-state index in [0.29, 0.717) is 20.7 Å². The van der Waals surface area contributed by atoms with Gasteiger partial charge in [-0.15, -0.1) is 22.0 Å². The second-order valence-electron chi connectivity index (χ2n) is 5.48. The summed E-state index contributed by atoms with van der Waals surface area (Å²) < 4.78 is 5.38. The van der Waals surface area contributed by atoms with Crippen molar-refractivity contribution in [2.45, 2.75) is 4.90 Å². The van der Waals surface area contributed by atoms with Crippen LogP contribution in [0.1, 0.15) is 20.4 Å². The Morgan fingerprint density at radius 2 is 1.89 bits per heavy atom. The van der Waals surface area contributed by atoms with E-state index in [0.717, 1.165) is 27.5 Å². The van der Waals surface area contributed by atoms with Gasteiger partial charge in [0.2, 0.25) is 5.01 Å². The van der Waals surface area contributed by atoms with Crippen molar-refractivity contribution >= 4 is 69.0 Å². The van der Waals surface area contributed by atoms with Crippen molar-refractivity contribution in [2.75, 3.05) is 18.7 Å². The molecule has 3 rings (SSSR count). The van der Waals surface area contributed by atoms with Gasteiger partial charge in [-0.25, -0.2) is 0 Å². The summed E-state index contributed by atoms with van der Waals surface area (Å²) in [6, 6.07) is 12.6. The van der Waals surface area contributed by atoms with Gasteiger partial charge in [0.15, 0.2) is 5.01 Å². The summed E-state index contributed by atoms with van der Waals surface area (Å²) >= 11 is 14.9. The highest BCUT2D eigenvalue weighted by Gasteiger charge is 2.15. The number of nitrogens with one attached hydrogen (secondary N) is 1. The first-order valence-electron chi connectivity index (χ1n) is 8.00. The van der Waals surface area contributed by atoms with Gasteiger partial charge in [-0.1, -0.05) is 40.6 Å². The molecule has 0 aliphatic carbocycles. The summed E-state index contributed by atoms with van der Waals surface area (Å²) in [5, 5.41) is 12.3. The van der Waals surface area contributed by atoms with Gasteiger partial charge in [0.05, 0.1) is 12.1 Å². The molecule has 0 radical (unpaired) electrons. The fourth-order valence-corrected chi connectivity index (χ4v) is 3.88. The molecule has 1 heterocycles. The van der Waals surface area contributed by atoms with Gasteiger partial charge in [0, 0.05) is 15.6 Å². The largest absolute Gasteiger partial charge is 0.496 e. The monoisotopic (exact) mass is 451 g/mol. The number of carbonyl (C=O) groups excluding carboxylic acids is 1. The van der Waals surface area contributed by atoms with Crippen LogP contribution in [0, 0.1) is 0 Å². The number of carbonyl (C=O) groups is 1. The Morgan fingerprint density at radius 3 is 2.57 bits per heavy atom. The molecular weight excluding hydrogens is 437 g/mol. The van der Waals surface area contributed by atoms with Crippen molar-refractivity contribution in [3.8, 4) is 5.75 Å². The highest BCUT2D eigenvalue weighted by Crippen LogP contribution is 2.31. The number of aromatic nitrogens is 2. The number of halogens is 2. The smallest absolute Gasteiger partial charge is 0.286 e. The van der Waals surface area contributed by atoms with E-state index < -0.39 is 0 Å². The summed E-state index contributed by atoms with van der Waals surface area (Å²) in [6.45, 7) is 0. The standard InChI is InChI=1S/C19H15Cl2N3O2S2/c1-26-15-10-11(3-8-16(15)27-2)9-14(21)18-23-24-19(28-18)17(25)22-13-6-4-12(20)5-7-13/h3-10H,1-2H3,(H,22,25)/b14-9-. The van der Waals surface area contributed by atoms with Crippen LogP contribution in [0.4, 0.5) is 5.69 Å². The number of methoxy groups -OCH3 is 1. The Balaban J connectivity index is 1.76. The number of amides is 1. The molecule has 2 aromatic carbocycles. The molecule has 0 spiro atoms. The molecule has 28 heavy (non-hydrogen) atoms. The SMILES string of the molecule is COc1cc(/C=C(\Cl)c2nnc(C(=O)Nc3ccc(Cl)cc3)s2)ccc1SC. The third kappa shape index (κ3) is 5.05. The van der Waals surface area contributed by atoms with Gasteiger partial charge >= 0.3 is 0 Å². The summed E-state index contributed by atoms with van der Waals surface area (Å²) in [4.78, 5) is 13.4. The van der Waals surface area contributed by atoms with E-state index in [4.69, 9.17) is 27.9 Å². The van der Waals surface area contributed by atoms with E-state index in [1.165, 1.54) is 0 Å². The molecule has 0 aliphatic rings. The van der Waals surface area contributed by atoms with Gasteiger partial charge in [-0.05, 0) is 54.3 Å². The van der Waals surface area contributed by atoms with Crippen molar-refractivity contribution in [1.82, 2.24) is 10.2 Å². The van der Waals surface area contributed by atoms with Crippen LogP contribution < -0.4 is 10.1 Å². The number of rotatable bonds is 6. The maximum absolute atomic E-state index is 12.3. The zero-order chi connectivity index (χ0) is 20.1. The molecule has 1 amide bonds. The van der Waals surface area contributed by atoms with Crippen LogP contribution in [-0.4, -0.2) is 29.5 Å². The van der Waals surface area contributed by atoms with Gasteiger partial charge in [0.25, 0.3) is 5.91 Å². The number of benzene rings is 2. The molecule has 0 fully saturated rings. The molecule has 0 unspecified atom stereocenters. The number of ether oxygens (including phenoxy) is 1. The summed E-state index contributed by atoms with van der Waals surface area (Å²) in [5.41, 5.74) is 1.48. The zero-order valence-corrected chi connectivity index (χ0v) is 18.0. The molecule has 3 aromatic rings. The van der Waals surface area contributed by atoms with Gasteiger partial charge < -0.3 is 10.1 Å². The fraction of sp³-hybridized carbons (Fsp3) is 0.105. The first kappa shape index (κ1) is 20.7. The second-order valence-corrected chi connectivity index (χ2v) is 8.15. The lowest BCUT2D eigenvalue weighted by atomic mass is 10.2. The second kappa shape index (κ2) is 9.43. The minimum Gasteiger partial charge on any atom is -0.496 e. The van der Waals surface area contributed by atoms with E-state index in [1.807, 2.05) is 24.5 Å².